The van der Waals surface area contributed by atoms with Crippen LogP contribution in [0.15, 0.2) is 24.4 Å². The number of nitrogens with zero attached hydrogens (tertiary/aromatic N) is 4. The summed E-state index contributed by atoms with van der Waals surface area (Å²) < 4.78 is 7.37. The average molecular weight is 383 g/mol. The van der Waals surface area contributed by atoms with Crippen LogP contribution in [0.3, 0.4) is 0 Å². The maximum Gasteiger partial charge on any atom is 0.266 e. The molecule has 10 heteroatoms. The van der Waals surface area contributed by atoms with Gasteiger partial charge in [0.2, 0.25) is 11.8 Å². The quantitative estimate of drug-likeness (QED) is 0.736. The maximum absolute atomic E-state index is 12.9. The van der Waals surface area contributed by atoms with Crippen molar-refractivity contribution in [2.45, 2.75) is 39.0 Å². The Balaban J connectivity index is 1.59. The van der Waals surface area contributed by atoms with E-state index >= 15 is 0 Å². The summed E-state index contributed by atoms with van der Waals surface area (Å²) in [5.41, 5.74) is 0.864. The van der Waals surface area contributed by atoms with Crippen LogP contribution in [0, 0.1) is 0 Å². The highest BCUT2D eigenvalue weighted by Crippen LogP contribution is 2.33. The van der Waals surface area contributed by atoms with Gasteiger partial charge in [0.15, 0.2) is 0 Å². The number of nitrogens with one attached hydrogen (secondary N) is 1. The van der Waals surface area contributed by atoms with E-state index in [-0.39, 0.29) is 36.3 Å². The fraction of sp³-hybridized carbons (Fsp3) is 0.333. The van der Waals surface area contributed by atoms with E-state index in [2.05, 4.69) is 15.6 Å². The van der Waals surface area contributed by atoms with Crippen molar-refractivity contribution in [2.75, 3.05) is 0 Å². The van der Waals surface area contributed by atoms with E-state index < -0.39 is 29.7 Å². The fourth-order valence-corrected chi connectivity index (χ4v) is 3.32. The van der Waals surface area contributed by atoms with Crippen molar-refractivity contribution >= 4 is 23.6 Å². The minimum absolute atomic E-state index is 0.0697. The van der Waals surface area contributed by atoms with Crippen LogP contribution in [0.5, 0.6) is 5.75 Å². The lowest BCUT2D eigenvalue weighted by molar-refractivity contribution is -0.136. The number of rotatable bonds is 5. The van der Waals surface area contributed by atoms with Gasteiger partial charge in [0.05, 0.1) is 17.3 Å². The lowest BCUT2D eigenvalue weighted by Crippen LogP contribution is -2.54. The third-order valence-electron chi connectivity index (χ3n) is 4.72. The predicted molar refractivity (Wildman–Crippen MR) is 93.1 cm³/mol. The number of hydrogen-bond donors (Lipinski definition) is 1. The third kappa shape index (κ3) is 2.92. The second kappa shape index (κ2) is 6.87. The summed E-state index contributed by atoms with van der Waals surface area (Å²) in [7, 11) is 0. The summed E-state index contributed by atoms with van der Waals surface area (Å²) in [5.74, 6) is -2.01. The van der Waals surface area contributed by atoms with Crippen molar-refractivity contribution in [2.24, 2.45) is 0 Å². The van der Waals surface area contributed by atoms with E-state index in [1.807, 2.05) is 6.92 Å². The molecule has 2 aliphatic rings. The summed E-state index contributed by atoms with van der Waals surface area (Å²) in [6.45, 7) is 2.68. The molecule has 1 saturated heterocycles. The fourth-order valence-electron chi connectivity index (χ4n) is 3.32. The Kier molecular flexibility index (Phi) is 4.38. The zero-order valence-electron chi connectivity index (χ0n) is 15.0. The van der Waals surface area contributed by atoms with Gasteiger partial charge in [0.25, 0.3) is 11.8 Å². The van der Waals surface area contributed by atoms with Gasteiger partial charge in [-0.15, -0.1) is 5.10 Å². The molecule has 1 fully saturated rings. The van der Waals surface area contributed by atoms with Crippen molar-refractivity contribution in [1.29, 1.82) is 0 Å². The maximum atomic E-state index is 12.9. The van der Waals surface area contributed by atoms with Crippen LogP contribution in [0.1, 0.15) is 46.2 Å². The summed E-state index contributed by atoms with van der Waals surface area (Å²) in [6, 6.07) is 3.70. The number of aryl methyl sites for hydroxylation is 1. The first-order valence-electron chi connectivity index (χ1n) is 8.86. The van der Waals surface area contributed by atoms with Gasteiger partial charge in [-0.1, -0.05) is 11.3 Å². The molecule has 10 nitrogen and oxygen atoms in total. The molecule has 0 saturated carbocycles. The Labute approximate surface area is 159 Å². The number of amides is 4. The molecule has 3 heterocycles. The number of carbonyl (C=O) groups is 4. The lowest BCUT2D eigenvalue weighted by atomic mass is 10.0. The molecule has 0 aliphatic carbocycles. The van der Waals surface area contributed by atoms with E-state index in [1.165, 1.54) is 6.07 Å². The largest absolute Gasteiger partial charge is 0.486 e. The standard InChI is InChI=1S/C18H17N5O5/c1-2-22-8-10(20-21-22)9-28-13-5-3-4-11-15(13)18(27)23(17(11)26)12-6-7-14(24)19-16(12)25/h3-5,8,12H,2,6-7,9H2,1H3,(H,19,24,25). The van der Waals surface area contributed by atoms with E-state index in [0.717, 1.165) is 4.90 Å². The Bertz CT molecular complexity index is 998. The first-order valence-corrected chi connectivity index (χ1v) is 8.86. The van der Waals surface area contributed by atoms with Crippen LogP contribution in [-0.2, 0) is 22.7 Å². The number of hydrogen-bond acceptors (Lipinski definition) is 7. The number of benzene rings is 1. The van der Waals surface area contributed by atoms with Crippen molar-refractivity contribution in [3.05, 3.63) is 41.2 Å². The average Bonchev–Trinajstić information content (AvgIpc) is 3.24. The van der Waals surface area contributed by atoms with Crippen molar-refractivity contribution < 1.29 is 23.9 Å². The van der Waals surface area contributed by atoms with Gasteiger partial charge in [0.1, 0.15) is 24.1 Å². The van der Waals surface area contributed by atoms with Gasteiger partial charge < -0.3 is 4.74 Å². The van der Waals surface area contributed by atoms with E-state index in [4.69, 9.17) is 4.74 Å². The number of fused-ring (bicyclic) bond motifs is 1. The Morgan fingerprint density at radius 3 is 2.75 bits per heavy atom. The molecule has 1 N–H and O–H groups in total. The van der Waals surface area contributed by atoms with Crippen LogP contribution in [0.25, 0.3) is 0 Å². The Morgan fingerprint density at radius 1 is 1.21 bits per heavy atom. The van der Waals surface area contributed by atoms with Crippen LogP contribution in [0.2, 0.25) is 0 Å². The molecule has 0 radical (unpaired) electrons. The minimum Gasteiger partial charge on any atom is -0.486 e. The Hall–Kier alpha value is -3.56. The zero-order valence-corrected chi connectivity index (χ0v) is 15.0. The first-order chi connectivity index (χ1) is 13.5. The van der Waals surface area contributed by atoms with Gasteiger partial charge in [-0.25, -0.2) is 0 Å². The molecule has 144 valence electrons. The monoisotopic (exact) mass is 383 g/mol. The summed E-state index contributed by atoms with van der Waals surface area (Å²) in [6.07, 6.45) is 1.90. The number of aromatic nitrogens is 3. The molecule has 1 aromatic heterocycles. The molecule has 1 aromatic carbocycles. The highest BCUT2D eigenvalue weighted by atomic mass is 16.5. The van der Waals surface area contributed by atoms with Gasteiger partial charge in [-0.3, -0.25) is 34.1 Å². The van der Waals surface area contributed by atoms with Gasteiger partial charge >= 0.3 is 0 Å². The van der Waals surface area contributed by atoms with Crippen LogP contribution >= 0.6 is 0 Å². The second-order valence-corrected chi connectivity index (χ2v) is 6.48. The first kappa shape index (κ1) is 17.8. The topological polar surface area (TPSA) is 123 Å². The van der Waals surface area contributed by atoms with E-state index in [0.29, 0.717) is 12.2 Å². The van der Waals surface area contributed by atoms with Crippen LogP contribution in [0.4, 0.5) is 0 Å². The predicted octanol–water partition coefficient (Wildman–Crippen LogP) is 0.278. The van der Waals surface area contributed by atoms with Gasteiger partial charge in [-0.05, 0) is 25.5 Å². The molecule has 1 atom stereocenters. The van der Waals surface area contributed by atoms with E-state index in [9.17, 15) is 19.2 Å². The molecular weight excluding hydrogens is 366 g/mol. The molecule has 28 heavy (non-hydrogen) atoms. The van der Waals surface area contributed by atoms with Crippen molar-refractivity contribution in [3.63, 3.8) is 0 Å². The van der Waals surface area contributed by atoms with Crippen molar-refractivity contribution in [3.8, 4) is 5.75 Å². The molecule has 4 rings (SSSR count). The number of piperidine rings is 1. The number of imide groups is 2. The highest BCUT2D eigenvalue weighted by Gasteiger charge is 2.45. The van der Waals surface area contributed by atoms with Gasteiger partial charge in [0, 0.05) is 13.0 Å². The van der Waals surface area contributed by atoms with E-state index in [1.54, 1.807) is 23.0 Å². The molecule has 0 bridgehead atoms. The van der Waals surface area contributed by atoms with Crippen LogP contribution in [-0.4, -0.2) is 49.6 Å². The summed E-state index contributed by atoms with van der Waals surface area (Å²) in [4.78, 5) is 50.1. The summed E-state index contributed by atoms with van der Waals surface area (Å²) in [5, 5.41) is 10.1. The van der Waals surface area contributed by atoms with Crippen LogP contribution < -0.4 is 10.1 Å². The summed E-state index contributed by atoms with van der Waals surface area (Å²) >= 11 is 0. The number of carbonyl (C=O) groups excluding carboxylic acids is 4. The zero-order chi connectivity index (χ0) is 19.8. The number of ether oxygens (including phenoxy) is 1. The third-order valence-corrected chi connectivity index (χ3v) is 4.72. The van der Waals surface area contributed by atoms with Crippen molar-refractivity contribution in [1.82, 2.24) is 25.2 Å². The lowest BCUT2D eigenvalue weighted by Gasteiger charge is -2.27. The minimum atomic E-state index is -1.01. The van der Waals surface area contributed by atoms with Gasteiger partial charge in [-0.2, -0.15) is 0 Å². The normalized spacial score (nSPS) is 19.0. The smallest absolute Gasteiger partial charge is 0.266 e. The molecular formula is C18H17N5O5. The molecule has 0 spiro atoms. The SMILES string of the molecule is CCn1cc(COc2cccc3c2C(=O)N(C2CCC(=O)NC2=O)C3=O)nn1. The second-order valence-electron chi connectivity index (χ2n) is 6.48. The Morgan fingerprint density at radius 2 is 2.04 bits per heavy atom. The molecule has 4 amide bonds. The highest BCUT2D eigenvalue weighted by molar-refractivity contribution is 6.24. The molecule has 2 aromatic rings. The molecule has 1 unspecified atom stereocenters. The molecule has 2 aliphatic heterocycles.